The maximum Gasteiger partial charge on any atom is 0.138 e. The molecule has 1 aromatic carbocycles. The van der Waals surface area contributed by atoms with Gasteiger partial charge in [0.15, 0.2) is 0 Å². The van der Waals surface area contributed by atoms with Gasteiger partial charge in [0.25, 0.3) is 0 Å². The van der Waals surface area contributed by atoms with Crippen LogP contribution in [0, 0.1) is 6.92 Å². The Kier molecular flexibility index (Phi) is 3.02. The second kappa shape index (κ2) is 4.85. The van der Waals surface area contributed by atoms with E-state index in [4.69, 9.17) is 0 Å². The Morgan fingerprint density at radius 1 is 1.20 bits per heavy atom. The summed E-state index contributed by atoms with van der Waals surface area (Å²) in [6.07, 6.45) is 1.57. The molecule has 0 bridgehead atoms. The molecule has 2 aromatic heterocycles. The first-order chi connectivity index (χ1) is 9.70. The zero-order valence-corrected chi connectivity index (χ0v) is 11.8. The maximum atomic E-state index is 4.35. The summed E-state index contributed by atoms with van der Waals surface area (Å²) in [6.45, 7) is 2.08. The van der Waals surface area contributed by atoms with E-state index in [1.54, 1.807) is 6.33 Å². The summed E-state index contributed by atoms with van der Waals surface area (Å²) < 4.78 is 0. The van der Waals surface area contributed by atoms with Crippen molar-refractivity contribution in [2.75, 3.05) is 24.3 Å². The molecule has 0 atom stereocenters. The molecule has 3 aromatic rings. The zero-order valence-electron chi connectivity index (χ0n) is 11.8. The van der Waals surface area contributed by atoms with Crippen molar-refractivity contribution in [1.82, 2.24) is 15.0 Å². The van der Waals surface area contributed by atoms with Crippen molar-refractivity contribution in [1.29, 1.82) is 0 Å². The van der Waals surface area contributed by atoms with Gasteiger partial charge in [-0.05, 0) is 13.0 Å². The largest absolute Gasteiger partial charge is 0.373 e. The van der Waals surface area contributed by atoms with Crippen LogP contribution in [0.25, 0.3) is 10.9 Å². The van der Waals surface area contributed by atoms with Gasteiger partial charge >= 0.3 is 0 Å². The van der Waals surface area contributed by atoms with Gasteiger partial charge in [-0.15, -0.1) is 0 Å². The highest BCUT2D eigenvalue weighted by Gasteiger charge is 2.14. The van der Waals surface area contributed by atoms with Crippen LogP contribution in [-0.4, -0.2) is 29.0 Å². The van der Waals surface area contributed by atoms with Gasteiger partial charge in [0, 0.05) is 36.8 Å². The number of nitrogens with zero attached hydrogens (tertiary/aromatic N) is 3. The van der Waals surface area contributed by atoms with Gasteiger partial charge in [-0.2, -0.15) is 0 Å². The number of aryl methyl sites for hydroxylation is 1. The highest BCUT2D eigenvalue weighted by molar-refractivity contribution is 5.96. The molecule has 2 N–H and O–H groups in total. The topological polar surface area (TPSA) is 56.8 Å². The lowest BCUT2D eigenvalue weighted by molar-refractivity contribution is 1.07. The number of rotatable bonds is 3. The number of H-pyrrole nitrogens is 1. The number of hydrogen-bond acceptors (Lipinski definition) is 4. The fraction of sp³-hybridized carbons (Fsp3) is 0.200. The molecule has 102 valence electrons. The molecule has 0 saturated carbocycles. The van der Waals surface area contributed by atoms with E-state index in [-0.39, 0.29) is 0 Å². The SMILES string of the molecule is CNc1cc(N(C)c2c(C)[nH]c3ccccc23)ncn1. The number of para-hydroxylation sites is 1. The van der Waals surface area contributed by atoms with Crippen molar-refractivity contribution in [3.8, 4) is 0 Å². The first-order valence-corrected chi connectivity index (χ1v) is 6.51. The van der Waals surface area contributed by atoms with Gasteiger partial charge in [-0.25, -0.2) is 9.97 Å². The van der Waals surface area contributed by atoms with Crippen LogP contribution >= 0.6 is 0 Å². The molecule has 3 rings (SSSR count). The number of nitrogens with one attached hydrogen (secondary N) is 2. The molecule has 0 fully saturated rings. The molecule has 0 radical (unpaired) electrons. The molecule has 5 heteroatoms. The van der Waals surface area contributed by atoms with Gasteiger partial charge in [0.2, 0.25) is 0 Å². The molecule has 0 amide bonds. The van der Waals surface area contributed by atoms with E-state index in [0.717, 1.165) is 28.5 Å². The monoisotopic (exact) mass is 267 g/mol. The molecule has 0 aliphatic rings. The van der Waals surface area contributed by atoms with Gasteiger partial charge in [0.05, 0.1) is 5.69 Å². The third kappa shape index (κ3) is 1.97. The van der Waals surface area contributed by atoms with E-state index in [9.17, 15) is 0 Å². The van der Waals surface area contributed by atoms with E-state index in [1.165, 1.54) is 5.39 Å². The molecule has 0 aliphatic heterocycles. The Hall–Kier alpha value is -2.56. The molecule has 0 spiro atoms. The summed E-state index contributed by atoms with van der Waals surface area (Å²) in [7, 11) is 3.87. The van der Waals surface area contributed by atoms with Crippen LogP contribution in [0.5, 0.6) is 0 Å². The van der Waals surface area contributed by atoms with Gasteiger partial charge < -0.3 is 15.2 Å². The fourth-order valence-electron chi connectivity index (χ4n) is 2.48. The quantitative estimate of drug-likeness (QED) is 0.765. The summed E-state index contributed by atoms with van der Waals surface area (Å²) >= 11 is 0. The average molecular weight is 267 g/mol. The second-order valence-corrected chi connectivity index (χ2v) is 4.71. The number of benzene rings is 1. The van der Waals surface area contributed by atoms with Crippen LogP contribution in [-0.2, 0) is 0 Å². The Morgan fingerprint density at radius 2 is 2.00 bits per heavy atom. The predicted octanol–water partition coefficient (Wildman–Crippen LogP) is 3.08. The predicted molar refractivity (Wildman–Crippen MR) is 82.7 cm³/mol. The summed E-state index contributed by atoms with van der Waals surface area (Å²) in [5.74, 6) is 1.66. The van der Waals surface area contributed by atoms with Crippen LogP contribution in [0.1, 0.15) is 5.69 Å². The molecule has 20 heavy (non-hydrogen) atoms. The van der Waals surface area contributed by atoms with Crippen LogP contribution in [0.3, 0.4) is 0 Å². The molecular weight excluding hydrogens is 250 g/mol. The van der Waals surface area contributed by atoms with Crippen LogP contribution in [0.15, 0.2) is 36.7 Å². The minimum absolute atomic E-state index is 0.805. The van der Waals surface area contributed by atoms with Crippen LogP contribution < -0.4 is 10.2 Å². The summed E-state index contributed by atoms with van der Waals surface area (Å²) in [4.78, 5) is 14.0. The Balaban J connectivity index is 2.12. The van der Waals surface area contributed by atoms with Gasteiger partial charge in [-0.3, -0.25) is 0 Å². The zero-order chi connectivity index (χ0) is 14.1. The van der Waals surface area contributed by atoms with Gasteiger partial charge in [-0.1, -0.05) is 18.2 Å². The average Bonchev–Trinajstić information content (AvgIpc) is 2.82. The van der Waals surface area contributed by atoms with E-state index < -0.39 is 0 Å². The number of fused-ring (bicyclic) bond motifs is 1. The van der Waals surface area contributed by atoms with E-state index in [0.29, 0.717) is 0 Å². The van der Waals surface area contributed by atoms with Crippen molar-refractivity contribution >= 4 is 28.2 Å². The third-order valence-corrected chi connectivity index (χ3v) is 3.45. The lowest BCUT2D eigenvalue weighted by Crippen LogP contribution is -2.12. The van der Waals surface area contributed by atoms with E-state index in [1.807, 2.05) is 32.3 Å². The minimum Gasteiger partial charge on any atom is -0.373 e. The second-order valence-electron chi connectivity index (χ2n) is 4.71. The summed E-state index contributed by atoms with van der Waals surface area (Å²) in [5.41, 5.74) is 3.40. The highest BCUT2D eigenvalue weighted by Crippen LogP contribution is 2.33. The number of hydrogen-bond donors (Lipinski definition) is 2. The number of aromatic amines is 1. The lowest BCUT2D eigenvalue weighted by atomic mass is 10.2. The molecule has 2 heterocycles. The molecule has 0 unspecified atom stereocenters. The molecular formula is C15H17N5. The van der Waals surface area contributed by atoms with Crippen LogP contribution in [0.4, 0.5) is 17.3 Å². The van der Waals surface area contributed by atoms with E-state index >= 15 is 0 Å². The Bertz CT molecular complexity index is 747. The third-order valence-electron chi connectivity index (χ3n) is 3.45. The molecule has 5 nitrogen and oxygen atoms in total. The van der Waals surface area contributed by atoms with Crippen molar-refractivity contribution in [3.05, 3.63) is 42.4 Å². The van der Waals surface area contributed by atoms with Crippen molar-refractivity contribution in [2.45, 2.75) is 6.92 Å². The maximum absolute atomic E-state index is 4.35. The van der Waals surface area contributed by atoms with Crippen LogP contribution in [0.2, 0.25) is 0 Å². The lowest BCUT2D eigenvalue weighted by Gasteiger charge is -2.19. The summed E-state index contributed by atoms with van der Waals surface area (Å²) in [6, 6.07) is 10.2. The Labute approximate surface area is 117 Å². The van der Waals surface area contributed by atoms with Gasteiger partial charge in [0.1, 0.15) is 18.0 Å². The number of aromatic nitrogens is 3. The highest BCUT2D eigenvalue weighted by atomic mass is 15.2. The smallest absolute Gasteiger partial charge is 0.138 e. The first kappa shape index (κ1) is 12.5. The Morgan fingerprint density at radius 3 is 2.80 bits per heavy atom. The normalized spacial score (nSPS) is 10.8. The van der Waals surface area contributed by atoms with Crippen molar-refractivity contribution < 1.29 is 0 Å². The first-order valence-electron chi connectivity index (χ1n) is 6.51. The standard InChI is InChI=1S/C15H17N5/c1-10-15(11-6-4-5-7-12(11)19-10)20(3)14-8-13(16-2)17-9-18-14/h4-9,19H,1-3H3,(H,16,17,18). The fourth-order valence-corrected chi connectivity index (χ4v) is 2.48. The molecule has 0 saturated heterocycles. The molecule has 0 aliphatic carbocycles. The minimum atomic E-state index is 0.805. The number of anilines is 3. The van der Waals surface area contributed by atoms with Crippen molar-refractivity contribution in [2.24, 2.45) is 0 Å². The summed E-state index contributed by atoms with van der Waals surface area (Å²) in [5, 5.41) is 4.23. The van der Waals surface area contributed by atoms with Crippen molar-refractivity contribution in [3.63, 3.8) is 0 Å². The van der Waals surface area contributed by atoms with E-state index in [2.05, 4.69) is 44.2 Å².